The van der Waals surface area contributed by atoms with Crippen LogP contribution in [0.2, 0.25) is 0 Å². The molecule has 2 heteroatoms. The lowest BCUT2D eigenvalue weighted by Gasteiger charge is -2.35. The molecule has 2 aromatic rings. The van der Waals surface area contributed by atoms with Crippen LogP contribution in [0, 0.1) is 0 Å². The minimum Gasteiger partial charge on any atom is -0.367 e. The monoisotopic (exact) mass is 358 g/mol. The second-order valence-electron chi connectivity index (χ2n) is 8.74. The maximum atomic E-state index is 4.06. The number of benzene rings is 2. The molecule has 0 N–H and O–H groups in total. The van der Waals surface area contributed by atoms with Crippen LogP contribution in [0.25, 0.3) is 0 Å². The summed E-state index contributed by atoms with van der Waals surface area (Å²) >= 11 is 0. The van der Waals surface area contributed by atoms with Gasteiger partial charge in [-0.3, -0.25) is 0 Å². The lowest BCUT2D eigenvalue weighted by atomic mass is 9.74. The molecule has 2 nitrogen and oxygen atoms in total. The van der Waals surface area contributed by atoms with Crippen LogP contribution in [0.5, 0.6) is 0 Å². The Morgan fingerprint density at radius 3 is 2.15 bits per heavy atom. The molecule has 2 atom stereocenters. The van der Waals surface area contributed by atoms with E-state index in [1.807, 2.05) is 0 Å². The number of anilines is 2. The van der Waals surface area contributed by atoms with Crippen molar-refractivity contribution in [1.82, 2.24) is 0 Å². The molecule has 0 aromatic heterocycles. The number of allylic oxidation sites excluding steroid dienone is 2. The molecule has 4 rings (SSSR count). The summed E-state index contributed by atoms with van der Waals surface area (Å²) in [5.41, 5.74) is 6.87. The molecule has 0 bridgehead atoms. The van der Waals surface area contributed by atoms with Gasteiger partial charge in [0.15, 0.2) is 0 Å². The second kappa shape index (κ2) is 6.02. The summed E-state index contributed by atoms with van der Waals surface area (Å²) in [5.74, 6) is 0. The third-order valence-electron chi connectivity index (χ3n) is 6.79. The predicted molar refractivity (Wildman–Crippen MR) is 117 cm³/mol. The summed E-state index contributed by atoms with van der Waals surface area (Å²) < 4.78 is 0. The summed E-state index contributed by atoms with van der Waals surface area (Å²) in [6.07, 6.45) is 5.53. The van der Waals surface area contributed by atoms with E-state index >= 15 is 0 Å². The van der Waals surface area contributed by atoms with Crippen molar-refractivity contribution >= 4 is 11.4 Å². The summed E-state index contributed by atoms with van der Waals surface area (Å²) in [6, 6.07) is 17.9. The maximum Gasteiger partial charge on any atom is 0.0587 e. The molecular weight excluding hydrogens is 328 g/mol. The van der Waals surface area contributed by atoms with Crippen LogP contribution in [0.1, 0.15) is 38.3 Å². The lowest BCUT2D eigenvalue weighted by molar-refractivity contribution is 0.442. The number of rotatable bonds is 3. The van der Waals surface area contributed by atoms with E-state index < -0.39 is 0 Å². The van der Waals surface area contributed by atoms with Gasteiger partial charge < -0.3 is 9.80 Å². The van der Waals surface area contributed by atoms with Crippen molar-refractivity contribution in [3.05, 3.63) is 84.1 Å². The third kappa shape index (κ3) is 2.39. The molecule has 27 heavy (non-hydrogen) atoms. The van der Waals surface area contributed by atoms with Gasteiger partial charge in [0, 0.05) is 42.0 Å². The van der Waals surface area contributed by atoms with Gasteiger partial charge >= 0.3 is 0 Å². The fourth-order valence-corrected chi connectivity index (χ4v) is 5.28. The average Bonchev–Trinajstić information content (AvgIpc) is 2.98. The lowest BCUT2D eigenvalue weighted by Crippen LogP contribution is -2.41. The van der Waals surface area contributed by atoms with E-state index in [9.17, 15) is 0 Å². The van der Waals surface area contributed by atoms with Crippen molar-refractivity contribution in [2.24, 2.45) is 0 Å². The number of likely N-dealkylation sites (N-methyl/N-ethyl adjacent to an activating group) is 2. The van der Waals surface area contributed by atoms with Crippen molar-refractivity contribution in [3.8, 4) is 0 Å². The van der Waals surface area contributed by atoms with Crippen molar-refractivity contribution in [1.29, 1.82) is 0 Å². The molecule has 0 amide bonds. The second-order valence-corrected chi connectivity index (χ2v) is 8.74. The van der Waals surface area contributed by atoms with Gasteiger partial charge in [-0.2, -0.15) is 0 Å². The van der Waals surface area contributed by atoms with E-state index in [2.05, 4.69) is 112 Å². The molecule has 0 spiro atoms. The van der Waals surface area contributed by atoms with Crippen molar-refractivity contribution in [2.75, 3.05) is 23.9 Å². The first kappa shape index (κ1) is 17.9. The topological polar surface area (TPSA) is 6.48 Å². The largest absolute Gasteiger partial charge is 0.367 e. The van der Waals surface area contributed by atoms with E-state index in [-0.39, 0.29) is 10.8 Å². The van der Waals surface area contributed by atoms with Crippen molar-refractivity contribution in [2.45, 2.75) is 44.1 Å². The number of hydrogen-bond donors (Lipinski definition) is 0. The van der Waals surface area contributed by atoms with E-state index in [0.29, 0.717) is 6.04 Å². The van der Waals surface area contributed by atoms with Gasteiger partial charge in [0.05, 0.1) is 6.04 Å². The molecule has 2 aliphatic rings. The third-order valence-corrected chi connectivity index (χ3v) is 6.79. The van der Waals surface area contributed by atoms with E-state index in [1.165, 1.54) is 28.2 Å². The first-order valence-corrected chi connectivity index (χ1v) is 9.81. The van der Waals surface area contributed by atoms with Gasteiger partial charge in [0.25, 0.3) is 0 Å². The minimum absolute atomic E-state index is 0.00392. The average molecular weight is 359 g/mol. The summed E-state index contributed by atoms with van der Waals surface area (Å²) in [7, 11) is 4.43. The predicted octanol–water partition coefficient (Wildman–Crippen LogP) is 5.65. The molecule has 0 saturated heterocycles. The molecule has 2 heterocycles. The van der Waals surface area contributed by atoms with Gasteiger partial charge in [-0.15, -0.1) is 6.58 Å². The Morgan fingerprint density at radius 2 is 1.52 bits per heavy atom. The Labute approximate surface area is 163 Å². The van der Waals surface area contributed by atoms with Crippen molar-refractivity contribution < 1.29 is 0 Å². The zero-order valence-corrected chi connectivity index (χ0v) is 17.2. The first-order chi connectivity index (χ1) is 12.8. The number of para-hydroxylation sites is 2. The Morgan fingerprint density at radius 1 is 0.926 bits per heavy atom. The SMILES string of the molecule is C=CCC1(C)c2ccccc2N(C)C1/C=C1/N(C)c2ccccc2C1(C)C. The van der Waals surface area contributed by atoms with Gasteiger partial charge in [0.2, 0.25) is 0 Å². The highest BCUT2D eigenvalue weighted by molar-refractivity contribution is 5.71. The Kier molecular flexibility index (Phi) is 3.99. The molecule has 2 aliphatic heterocycles. The highest BCUT2D eigenvalue weighted by atomic mass is 15.2. The van der Waals surface area contributed by atoms with Crippen LogP contribution >= 0.6 is 0 Å². The van der Waals surface area contributed by atoms with E-state index in [1.54, 1.807) is 0 Å². The molecular formula is C25H30N2. The van der Waals surface area contributed by atoms with Crippen molar-refractivity contribution in [3.63, 3.8) is 0 Å². The fourth-order valence-electron chi connectivity index (χ4n) is 5.28. The van der Waals surface area contributed by atoms with Crippen LogP contribution < -0.4 is 9.80 Å². The van der Waals surface area contributed by atoms with Gasteiger partial charge in [-0.05, 0) is 35.8 Å². The summed E-state index contributed by atoms with van der Waals surface area (Å²) in [6.45, 7) is 11.1. The summed E-state index contributed by atoms with van der Waals surface area (Å²) in [5, 5.41) is 0. The van der Waals surface area contributed by atoms with Crippen LogP contribution in [-0.2, 0) is 10.8 Å². The van der Waals surface area contributed by atoms with Gasteiger partial charge in [-0.25, -0.2) is 0 Å². The van der Waals surface area contributed by atoms with E-state index in [4.69, 9.17) is 0 Å². The molecule has 140 valence electrons. The molecule has 0 saturated carbocycles. The minimum atomic E-state index is -0.00392. The Bertz CT molecular complexity index is 923. The molecule has 0 fully saturated rings. The maximum absolute atomic E-state index is 4.06. The number of nitrogens with zero attached hydrogens (tertiary/aromatic N) is 2. The normalized spacial score (nSPS) is 27.0. The number of fused-ring (bicyclic) bond motifs is 2. The first-order valence-electron chi connectivity index (χ1n) is 9.81. The highest BCUT2D eigenvalue weighted by Crippen LogP contribution is 2.51. The summed E-state index contributed by atoms with van der Waals surface area (Å²) in [4.78, 5) is 4.82. The van der Waals surface area contributed by atoms with Crippen LogP contribution in [0.3, 0.4) is 0 Å². The van der Waals surface area contributed by atoms with Crippen LogP contribution in [0.4, 0.5) is 11.4 Å². The molecule has 0 aliphatic carbocycles. The zero-order chi connectivity index (χ0) is 19.4. The zero-order valence-electron chi connectivity index (χ0n) is 17.2. The quantitative estimate of drug-likeness (QED) is 0.654. The number of hydrogen-bond acceptors (Lipinski definition) is 2. The van der Waals surface area contributed by atoms with Crippen LogP contribution in [-0.4, -0.2) is 20.1 Å². The fraction of sp³-hybridized carbons (Fsp3) is 0.360. The molecule has 2 aromatic carbocycles. The molecule has 0 radical (unpaired) electrons. The van der Waals surface area contributed by atoms with Crippen LogP contribution in [0.15, 0.2) is 73.0 Å². The van der Waals surface area contributed by atoms with Gasteiger partial charge in [-0.1, -0.05) is 63.2 Å². The standard InChI is InChI=1S/C25H30N2/c1-7-16-25(4)19-13-9-11-15-21(19)27(6)23(25)17-22-24(2,3)18-12-8-10-14-20(18)26(22)5/h7-15,17,23H,1,16H2,2-6H3/b22-17+. The highest BCUT2D eigenvalue weighted by Gasteiger charge is 2.47. The van der Waals surface area contributed by atoms with E-state index in [0.717, 1.165) is 6.42 Å². The van der Waals surface area contributed by atoms with Gasteiger partial charge in [0.1, 0.15) is 0 Å². The Hall–Kier alpha value is -2.48. The molecule has 2 unspecified atom stereocenters. The Balaban J connectivity index is 1.85. The smallest absolute Gasteiger partial charge is 0.0587 e.